The fourth-order valence-corrected chi connectivity index (χ4v) is 4.67. The first-order valence-electron chi connectivity index (χ1n) is 12.1. The molecule has 3 aromatic rings. The fourth-order valence-electron chi connectivity index (χ4n) is 4.67. The SMILES string of the molecule is CC(C)(C)c1ccc(CN(CCCC(=O)O)C(=O)OCC2c3ccccc3-c3ccccc32)cc1. The number of carboxylic acid groups (broad SMARTS) is 1. The second kappa shape index (κ2) is 10.3. The Hall–Kier alpha value is -3.60. The summed E-state index contributed by atoms with van der Waals surface area (Å²) in [5.41, 5.74) is 6.95. The summed E-state index contributed by atoms with van der Waals surface area (Å²) in [7, 11) is 0. The van der Waals surface area contributed by atoms with Crippen LogP contribution in [0.3, 0.4) is 0 Å². The van der Waals surface area contributed by atoms with Crippen molar-refractivity contribution in [2.24, 2.45) is 0 Å². The van der Waals surface area contributed by atoms with Gasteiger partial charge in [0, 0.05) is 25.4 Å². The average molecular weight is 472 g/mol. The zero-order valence-electron chi connectivity index (χ0n) is 20.7. The lowest BCUT2D eigenvalue weighted by molar-refractivity contribution is -0.137. The van der Waals surface area contributed by atoms with Gasteiger partial charge >= 0.3 is 12.1 Å². The number of carboxylic acids is 1. The van der Waals surface area contributed by atoms with Gasteiger partial charge in [0.1, 0.15) is 6.61 Å². The van der Waals surface area contributed by atoms with E-state index in [2.05, 4.69) is 57.2 Å². The maximum Gasteiger partial charge on any atom is 0.410 e. The smallest absolute Gasteiger partial charge is 0.410 e. The van der Waals surface area contributed by atoms with Gasteiger partial charge in [0.25, 0.3) is 0 Å². The molecule has 5 nitrogen and oxygen atoms in total. The largest absolute Gasteiger partial charge is 0.481 e. The molecule has 3 aromatic carbocycles. The van der Waals surface area contributed by atoms with Gasteiger partial charge in [-0.15, -0.1) is 0 Å². The number of benzene rings is 3. The molecule has 0 heterocycles. The molecule has 182 valence electrons. The molecule has 0 bridgehead atoms. The molecule has 1 aliphatic carbocycles. The minimum atomic E-state index is -0.869. The maximum atomic E-state index is 13.2. The second-order valence-electron chi connectivity index (χ2n) is 10.2. The Labute approximate surface area is 207 Å². The summed E-state index contributed by atoms with van der Waals surface area (Å²) in [5, 5.41) is 9.06. The van der Waals surface area contributed by atoms with E-state index in [1.54, 1.807) is 4.90 Å². The first-order chi connectivity index (χ1) is 16.7. The van der Waals surface area contributed by atoms with E-state index in [1.807, 2.05) is 36.4 Å². The minimum absolute atomic E-state index is 0.0100. The fraction of sp³-hybridized carbons (Fsp3) is 0.333. The molecule has 0 saturated carbocycles. The number of carbonyl (C=O) groups is 2. The molecule has 0 radical (unpaired) electrons. The summed E-state index contributed by atoms with van der Waals surface area (Å²) < 4.78 is 5.85. The van der Waals surface area contributed by atoms with Crippen molar-refractivity contribution in [3.63, 3.8) is 0 Å². The quantitative estimate of drug-likeness (QED) is 0.402. The lowest BCUT2D eigenvalue weighted by Gasteiger charge is -2.24. The molecule has 1 N–H and O–H groups in total. The van der Waals surface area contributed by atoms with Gasteiger partial charge in [0.2, 0.25) is 0 Å². The Kier molecular flexibility index (Phi) is 7.25. The monoisotopic (exact) mass is 471 g/mol. The van der Waals surface area contributed by atoms with E-state index >= 15 is 0 Å². The Balaban J connectivity index is 1.48. The zero-order chi connectivity index (χ0) is 25.0. The molecule has 0 spiro atoms. The van der Waals surface area contributed by atoms with E-state index in [0.717, 1.165) is 16.7 Å². The zero-order valence-corrected chi connectivity index (χ0v) is 20.7. The minimum Gasteiger partial charge on any atom is -0.481 e. The molecular formula is C30H33NO4. The van der Waals surface area contributed by atoms with E-state index in [9.17, 15) is 9.59 Å². The topological polar surface area (TPSA) is 66.8 Å². The standard InChI is InChI=1S/C30H33NO4/c1-30(2,3)22-16-14-21(15-17-22)19-31(18-8-13-28(32)33)29(34)35-20-27-25-11-6-4-9-23(25)24-10-5-7-12-26(24)27/h4-7,9-12,14-17,27H,8,13,18-20H2,1-3H3,(H,32,33). The second-order valence-corrected chi connectivity index (χ2v) is 10.2. The number of aliphatic carboxylic acids is 1. The van der Waals surface area contributed by atoms with Crippen LogP contribution in [0.2, 0.25) is 0 Å². The molecule has 0 atom stereocenters. The highest BCUT2D eigenvalue weighted by Crippen LogP contribution is 2.44. The van der Waals surface area contributed by atoms with Crippen LogP contribution >= 0.6 is 0 Å². The summed E-state index contributed by atoms with van der Waals surface area (Å²) in [5.74, 6) is -0.884. The maximum absolute atomic E-state index is 13.2. The Morgan fingerprint density at radius 1 is 0.886 bits per heavy atom. The first kappa shape index (κ1) is 24.5. The number of hydrogen-bond acceptors (Lipinski definition) is 3. The van der Waals surface area contributed by atoms with Crippen molar-refractivity contribution in [1.29, 1.82) is 0 Å². The van der Waals surface area contributed by atoms with Gasteiger partial charge in [-0.2, -0.15) is 0 Å². The molecule has 0 aromatic heterocycles. The van der Waals surface area contributed by atoms with Crippen molar-refractivity contribution in [3.05, 3.63) is 95.1 Å². The summed E-state index contributed by atoms with van der Waals surface area (Å²) in [6.45, 7) is 7.43. The molecule has 35 heavy (non-hydrogen) atoms. The Morgan fingerprint density at radius 3 is 2.00 bits per heavy atom. The number of nitrogens with zero attached hydrogens (tertiary/aromatic N) is 1. The predicted octanol–water partition coefficient (Wildman–Crippen LogP) is 6.60. The molecule has 0 unspecified atom stereocenters. The average Bonchev–Trinajstić information content (AvgIpc) is 3.15. The van der Waals surface area contributed by atoms with Gasteiger partial charge < -0.3 is 14.7 Å². The van der Waals surface area contributed by atoms with Gasteiger partial charge in [-0.3, -0.25) is 4.79 Å². The third kappa shape index (κ3) is 5.73. The summed E-state index contributed by atoms with van der Waals surface area (Å²) in [4.78, 5) is 25.8. The van der Waals surface area contributed by atoms with Crippen LogP contribution in [0.5, 0.6) is 0 Å². The number of fused-ring (bicyclic) bond motifs is 3. The van der Waals surface area contributed by atoms with E-state index in [4.69, 9.17) is 9.84 Å². The van der Waals surface area contributed by atoms with Crippen LogP contribution in [0.15, 0.2) is 72.8 Å². The van der Waals surface area contributed by atoms with Gasteiger partial charge in [-0.05, 0) is 45.2 Å². The lowest BCUT2D eigenvalue weighted by atomic mass is 9.87. The van der Waals surface area contributed by atoms with Crippen LogP contribution in [0.1, 0.15) is 61.8 Å². The van der Waals surface area contributed by atoms with Crippen LogP contribution in [-0.4, -0.2) is 35.2 Å². The van der Waals surface area contributed by atoms with Crippen molar-refractivity contribution in [3.8, 4) is 11.1 Å². The van der Waals surface area contributed by atoms with Crippen LogP contribution in [0, 0.1) is 0 Å². The van der Waals surface area contributed by atoms with Crippen molar-refractivity contribution in [2.75, 3.05) is 13.2 Å². The molecule has 1 amide bonds. The molecule has 1 aliphatic rings. The lowest BCUT2D eigenvalue weighted by Crippen LogP contribution is -2.33. The highest BCUT2D eigenvalue weighted by molar-refractivity contribution is 5.79. The first-order valence-corrected chi connectivity index (χ1v) is 12.1. The number of hydrogen-bond donors (Lipinski definition) is 1. The Morgan fingerprint density at radius 2 is 1.46 bits per heavy atom. The summed E-state index contributed by atoms with van der Waals surface area (Å²) in [6.07, 6.45) is -0.0347. The van der Waals surface area contributed by atoms with Crippen LogP contribution < -0.4 is 0 Å². The van der Waals surface area contributed by atoms with E-state index in [-0.39, 0.29) is 24.4 Å². The van der Waals surface area contributed by atoms with Gasteiger partial charge in [-0.1, -0.05) is 93.6 Å². The van der Waals surface area contributed by atoms with Crippen molar-refractivity contribution < 1.29 is 19.4 Å². The highest BCUT2D eigenvalue weighted by Gasteiger charge is 2.29. The molecule has 0 saturated heterocycles. The van der Waals surface area contributed by atoms with Crippen LogP contribution in [0.25, 0.3) is 11.1 Å². The predicted molar refractivity (Wildman–Crippen MR) is 137 cm³/mol. The summed E-state index contributed by atoms with van der Waals surface area (Å²) >= 11 is 0. The number of amides is 1. The third-order valence-corrected chi connectivity index (χ3v) is 6.61. The van der Waals surface area contributed by atoms with E-state index in [1.165, 1.54) is 16.7 Å². The number of ether oxygens (including phenoxy) is 1. The number of carbonyl (C=O) groups excluding carboxylic acids is 1. The van der Waals surface area contributed by atoms with Crippen LogP contribution in [-0.2, 0) is 21.5 Å². The molecule has 5 heteroatoms. The van der Waals surface area contributed by atoms with E-state index in [0.29, 0.717) is 19.5 Å². The molecule has 0 fully saturated rings. The van der Waals surface area contributed by atoms with Gasteiger partial charge in [-0.25, -0.2) is 4.79 Å². The molecule has 4 rings (SSSR count). The van der Waals surface area contributed by atoms with Crippen molar-refractivity contribution in [1.82, 2.24) is 4.90 Å². The van der Waals surface area contributed by atoms with Crippen LogP contribution in [0.4, 0.5) is 4.79 Å². The van der Waals surface area contributed by atoms with Gasteiger partial charge in [0.15, 0.2) is 0 Å². The normalized spacial score (nSPS) is 12.7. The van der Waals surface area contributed by atoms with Crippen molar-refractivity contribution in [2.45, 2.75) is 51.5 Å². The molecular weight excluding hydrogens is 438 g/mol. The van der Waals surface area contributed by atoms with Gasteiger partial charge in [0.05, 0.1) is 0 Å². The summed E-state index contributed by atoms with van der Waals surface area (Å²) in [6, 6.07) is 24.7. The van der Waals surface area contributed by atoms with Crippen molar-refractivity contribution >= 4 is 12.1 Å². The third-order valence-electron chi connectivity index (χ3n) is 6.61. The number of rotatable bonds is 8. The highest BCUT2D eigenvalue weighted by atomic mass is 16.6. The molecule has 0 aliphatic heterocycles. The Bertz CT molecular complexity index is 1150. The van der Waals surface area contributed by atoms with E-state index < -0.39 is 12.1 Å².